The summed E-state index contributed by atoms with van der Waals surface area (Å²) in [6.07, 6.45) is -4.54. The number of hydrogen-bond donors (Lipinski definition) is 1. The fraction of sp³-hybridized carbons (Fsp3) is 0.345. The first-order valence-electron chi connectivity index (χ1n) is 13.0. The fourth-order valence-electron chi connectivity index (χ4n) is 4.69. The molecule has 2 heterocycles. The molecule has 2 aliphatic rings. The number of ether oxygens (including phenoxy) is 3. The minimum Gasteiger partial charge on any atom is -0.495 e. The molecule has 1 atom stereocenters. The summed E-state index contributed by atoms with van der Waals surface area (Å²) in [6, 6.07) is 10.3. The second-order valence-electron chi connectivity index (χ2n) is 9.80. The average molecular weight is 662 g/mol. The van der Waals surface area contributed by atoms with Crippen LogP contribution in [0.15, 0.2) is 47.4 Å². The van der Waals surface area contributed by atoms with E-state index in [4.69, 9.17) is 37.4 Å². The van der Waals surface area contributed by atoms with Crippen LogP contribution in [0.4, 0.5) is 24.5 Å². The number of carbonyl (C=O) groups excluding carboxylic acids is 1. The highest BCUT2D eigenvalue weighted by Crippen LogP contribution is 2.41. The normalized spacial score (nSPS) is 14.6. The summed E-state index contributed by atoms with van der Waals surface area (Å²) in [4.78, 5) is 14.4. The zero-order valence-corrected chi connectivity index (χ0v) is 26.0. The van der Waals surface area contributed by atoms with Crippen molar-refractivity contribution in [3.8, 4) is 17.2 Å². The Morgan fingerprint density at radius 2 is 1.56 bits per heavy atom. The average Bonchev–Trinajstić information content (AvgIpc) is 3.61. The summed E-state index contributed by atoms with van der Waals surface area (Å²) in [5, 5.41) is 4.34. The van der Waals surface area contributed by atoms with Gasteiger partial charge in [0.1, 0.15) is 17.2 Å². The molecule has 0 saturated carbocycles. The third kappa shape index (κ3) is 6.91. The fourth-order valence-corrected chi connectivity index (χ4v) is 6.01. The molecule has 0 unspecified atom stereocenters. The monoisotopic (exact) mass is 660 g/mol. The summed E-state index contributed by atoms with van der Waals surface area (Å²) >= 11 is 12.4. The maximum atomic E-state index is 13.3. The number of nitrogens with zero attached hydrogens (tertiary/aromatic N) is 1. The number of carbonyl (C=O) groups is 1. The number of benzene rings is 3. The number of hydrogen-bond acceptors (Lipinski definition) is 7. The van der Waals surface area contributed by atoms with E-state index >= 15 is 0 Å². The SMILES string of the molecule is COc1ccc2c(c1Cl)CCN2.COc1ccc2c(c1Cl)CCN2C(=O)c1cc(S(C)(=O)=O)ccc1O[C@@H](C)C(F)(F)F. The lowest BCUT2D eigenvalue weighted by Crippen LogP contribution is -2.33. The molecule has 2 aliphatic heterocycles. The summed E-state index contributed by atoms with van der Waals surface area (Å²) in [6.45, 7) is 1.98. The zero-order valence-electron chi connectivity index (χ0n) is 23.6. The number of sulfone groups is 1. The Morgan fingerprint density at radius 3 is 2.16 bits per heavy atom. The molecule has 0 spiro atoms. The molecule has 1 N–H and O–H groups in total. The minimum absolute atomic E-state index is 0.207. The Kier molecular flexibility index (Phi) is 9.63. The molecule has 0 radical (unpaired) electrons. The van der Waals surface area contributed by atoms with Gasteiger partial charge in [0.25, 0.3) is 5.91 Å². The van der Waals surface area contributed by atoms with Crippen molar-refractivity contribution in [3.63, 3.8) is 0 Å². The zero-order chi connectivity index (χ0) is 31.7. The number of nitrogens with one attached hydrogen (secondary N) is 1. The van der Waals surface area contributed by atoms with Gasteiger partial charge < -0.3 is 24.4 Å². The largest absolute Gasteiger partial charge is 0.495 e. The number of anilines is 2. The van der Waals surface area contributed by atoms with Crippen molar-refractivity contribution >= 4 is 50.3 Å². The molecule has 0 aromatic heterocycles. The highest BCUT2D eigenvalue weighted by Gasteiger charge is 2.39. The van der Waals surface area contributed by atoms with Gasteiger partial charge in [-0.2, -0.15) is 13.2 Å². The third-order valence-corrected chi connectivity index (χ3v) is 8.96. The van der Waals surface area contributed by atoms with Crippen molar-refractivity contribution in [2.75, 3.05) is 43.8 Å². The van der Waals surface area contributed by atoms with E-state index in [1.54, 1.807) is 19.2 Å². The number of amides is 1. The van der Waals surface area contributed by atoms with Crippen molar-refractivity contribution in [2.45, 2.75) is 36.9 Å². The summed E-state index contributed by atoms with van der Waals surface area (Å²) in [5.74, 6) is 0.126. The lowest BCUT2D eigenvalue weighted by molar-refractivity contribution is -0.189. The topological polar surface area (TPSA) is 94.2 Å². The van der Waals surface area contributed by atoms with Crippen LogP contribution in [-0.2, 0) is 22.7 Å². The molecule has 1 amide bonds. The van der Waals surface area contributed by atoms with Crippen LogP contribution in [-0.4, -0.2) is 60.2 Å². The quantitative estimate of drug-likeness (QED) is 0.318. The van der Waals surface area contributed by atoms with Crippen LogP contribution in [0.3, 0.4) is 0 Å². The van der Waals surface area contributed by atoms with Crippen LogP contribution in [0, 0.1) is 0 Å². The van der Waals surface area contributed by atoms with E-state index in [1.165, 1.54) is 17.6 Å². The second-order valence-corrected chi connectivity index (χ2v) is 12.6. The number of rotatable bonds is 6. The smallest absolute Gasteiger partial charge is 0.425 e. The summed E-state index contributed by atoms with van der Waals surface area (Å²) in [7, 11) is -0.632. The van der Waals surface area contributed by atoms with E-state index < -0.39 is 28.0 Å². The highest BCUT2D eigenvalue weighted by atomic mass is 35.5. The molecule has 3 aromatic carbocycles. The first-order valence-corrected chi connectivity index (χ1v) is 15.7. The Morgan fingerprint density at radius 1 is 0.953 bits per heavy atom. The predicted octanol–water partition coefficient (Wildman–Crippen LogP) is 6.60. The van der Waals surface area contributed by atoms with Gasteiger partial charge in [0, 0.05) is 36.3 Å². The van der Waals surface area contributed by atoms with E-state index in [1.807, 2.05) is 12.1 Å². The molecular formula is C29H29Cl2F3N2O6S. The summed E-state index contributed by atoms with van der Waals surface area (Å²) < 4.78 is 78.2. The molecule has 43 heavy (non-hydrogen) atoms. The van der Waals surface area contributed by atoms with E-state index in [0.717, 1.165) is 60.8 Å². The maximum Gasteiger partial charge on any atom is 0.425 e. The van der Waals surface area contributed by atoms with Gasteiger partial charge in [0.15, 0.2) is 15.9 Å². The Hall–Kier alpha value is -3.35. The lowest BCUT2D eigenvalue weighted by atomic mass is 10.1. The highest BCUT2D eigenvalue weighted by molar-refractivity contribution is 7.90. The van der Waals surface area contributed by atoms with Crippen LogP contribution in [0.2, 0.25) is 10.0 Å². The molecule has 0 fully saturated rings. The molecule has 3 aromatic rings. The van der Waals surface area contributed by atoms with Gasteiger partial charge >= 0.3 is 6.18 Å². The third-order valence-electron chi connectivity index (χ3n) is 7.02. The number of fused-ring (bicyclic) bond motifs is 2. The van der Waals surface area contributed by atoms with E-state index in [0.29, 0.717) is 28.4 Å². The van der Waals surface area contributed by atoms with Crippen molar-refractivity contribution in [1.29, 1.82) is 0 Å². The van der Waals surface area contributed by atoms with Crippen molar-refractivity contribution in [2.24, 2.45) is 0 Å². The van der Waals surface area contributed by atoms with E-state index in [9.17, 15) is 26.4 Å². The minimum atomic E-state index is -4.67. The molecule has 232 valence electrons. The van der Waals surface area contributed by atoms with Crippen LogP contribution in [0.5, 0.6) is 17.2 Å². The van der Waals surface area contributed by atoms with Crippen LogP contribution in [0.25, 0.3) is 0 Å². The van der Waals surface area contributed by atoms with E-state index in [-0.39, 0.29) is 22.8 Å². The van der Waals surface area contributed by atoms with E-state index in [2.05, 4.69) is 5.32 Å². The standard InChI is InChI=1S/C20H19ClF3NO5S.C9H10ClNO/c1-11(20(22,23)24)30-16-6-4-12(31(3,27)28)10-14(16)19(26)25-9-8-13-15(25)5-7-17(29-2)18(13)21;1-12-8-3-2-7-6(9(8)10)4-5-11-7/h4-7,10-11H,8-9H2,1-3H3;2-3,11H,4-5H2,1H3/t11-;/m0./s1. The molecule has 0 aliphatic carbocycles. The number of alkyl halides is 3. The second kappa shape index (κ2) is 12.7. The van der Waals surface area contributed by atoms with Crippen molar-refractivity contribution < 1.29 is 40.6 Å². The maximum absolute atomic E-state index is 13.3. The van der Waals surface area contributed by atoms with Gasteiger partial charge in [-0.1, -0.05) is 23.2 Å². The Labute approximate surface area is 257 Å². The van der Waals surface area contributed by atoms with Crippen LogP contribution in [0.1, 0.15) is 28.4 Å². The number of methoxy groups -OCH3 is 2. The van der Waals surface area contributed by atoms with Gasteiger partial charge in [-0.3, -0.25) is 4.79 Å². The first-order chi connectivity index (χ1) is 20.2. The predicted molar refractivity (Wildman–Crippen MR) is 159 cm³/mol. The van der Waals surface area contributed by atoms with Gasteiger partial charge in [-0.25, -0.2) is 8.42 Å². The van der Waals surface area contributed by atoms with Crippen LogP contribution < -0.4 is 24.4 Å². The van der Waals surface area contributed by atoms with Gasteiger partial charge in [0.05, 0.1) is 34.7 Å². The van der Waals surface area contributed by atoms with Gasteiger partial charge in [0.2, 0.25) is 0 Å². The van der Waals surface area contributed by atoms with Crippen LogP contribution >= 0.6 is 23.2 Å². The molecule has 14 heteroatoms. The lowest BCUT2D eigenvalue weighted by Gasteiger charge is -2.23. The van der Waals surface area contributed by atoms with Gasteiger partial charge in [-0.15, -0.1) is 0 Å². The molecule has 0 bridgehead atoms. The molecular weight excluding hydrogens is 632 g/mol. The van der Waals surface area contributed by atoms with Crippen molar-refractivity contribution in [3.05, 3.63) is 69.2 Å². The summed E-state index contributed by atoms with van der Waals surface area (Å²) in [5.41, 5.74) is 3.14. The van der Waals surface area contributed by atoms with Gasteiger partial charge in [-0.05, 0) is 67.8 Å². The molecule has 0 saturated heterocycles. The molecule has 5 rings (SSSR count). The first kappa shape index (κ1) is 32.6. The Bertz CT molecular complexity index is 1650. The van der Waals surface area contributed by atoms with Crippen molar-refractivity contribution in [1.82, 2.24) is 0 Å². The molecule has 8 nitrogen and oxygen atoms in total. The Balaban J connectivity index is 0.000000292. The number of halogens is 5.